The first kappa shape index (κ1) is 11.4. The van der Waals surface area contributed by atoms with Crippen molar-refractivity contribution in [1.82, 2.24) is 0 Å². The summed E-state index contributed by atoms with van der Waals surface area (Å²) in [6.07, 6.45) is 5.50. The van der Waals surface area contributed by atoms with Gasteiger partial charge in [0.15, 0.2) is 0 Å². The maximum Gasteiger partial charge on any atom is 0.133 e. The van der Waals surface area contributed by atoms with Gasteiger partial charge in [-0.25, -0.2) is 4.39 Å². The van der Waals surface area contributed by atoms with Gasteiger partial charge >= 0.3 is 0 Å². The zero-order valence-corrected chi connectivity index (χ0v) is 10.3. The van der Waals surface area contributed by atoms with E-state index in [2.05, 4.69) is 13.0 Å². The molecule has 0 saturated carbocycles. The van der Waals surface area contributed by atoms with Crippen molar-refractivity contribution in [2.24, 2.45) is 5.92 Å². The Kier molecular flexibility index (Phi) is 3.13. The van der Waals surface area contributed by atoms with Crippen LogP contribution in [0.15, 0.2) is 18.2 Å². The first-order valence-electron chi connectivity index (χ1n) is 6.04. The lowest BCUT2D eigenvalue weighted by molar-refractivity contribution is 0.531. The zero-order valence-electron chi connectivity index (χ0n) is 10.3. The molecule has 0 saturated heterocycles. The summed E-state index contributed by atoms with van der Waals surface area (Å²) in [5.74, 6) is 0.720. The van der Waals surface area contributed by atoms with E-state index in [1.165, 1.54) is 12.0 Å². The Bertz CT molecular complexity index is 429. The largest absolute Gasteiger partial charge is 0.206 e. The van der Waals surface area contributed by atoms with Crippen LogP contribution in [0.4, 0.5) is 4.39 Å². The minimum Gasteiger partial charge on any atom is -0.206 e. The van der Waals surface area contributed by atoms with Crippen molar-refractivity contribution in [3.63, 3.8) is 0 Å². The number of allylic oxidation sites excluding steroid dienone is 2. The van der Waals surface area contributed by atoms with Crippen LogP contribution in [0.25, 0.3) is 5.57 Å². The van der Waals surface area contributed by atoms with Gasteiger partial charge in [-0.1, -0.05) is 25.1 Å². The monoisotopic (exact) mass is 218 g/mol. The summed E-state index contributed by atoms with van der Waals surface area (Å²) < 4.78 is 14.1. The van der Waals surface area contributed by atoms with Gasteiger partial charge in [0, 0.05) is 5.56 Å². The van der Waals surface area contributed by atoms with Crippen molar-refractivity contribution in [2.45, 2.75) is 40.0 Å². The summed E-state index contributed by atoms with van der Waals surface area (Å²) in [5.41, 5.74) is 3.87. The average molecular weight is 218 g/mol. The quantitative estimate of drug-likeness (QED) is 0.644. The zero-order chi connectivity index (χ0) is 11.7. The van der Waals surface area contributed by atoms with Gasteiger partial charge in [-0.3, -0.25) is 0 Å². The number of benzene rings is 1. The van der Waals surface area contributed by atoms with E-state index in [9.17, 15) is 4.39 Å². The van der Waals surface area contributed by atoms with Crippen LogP contribution in [0.1, 0.15) is 42.9 Å². The molecule has 0 fully saturated rings. The van der Waals surface area contributed by atoms with Crippen molar-refractivity contribution in [2.75, 3.05) is 0 Å². The fraction of sp³-hybridized carbons (Fsp3) is 0.467. The molecule has 0 aromatic heterocycles. The summed E-state index contributed by atoms with van der Waals surface area (Å²) >= 11 is 0. The fourth-order valence-electron chi connectivity index (χ4n) is 2.36. The van der Waals surface area contributed by atoms with Gasteiger partial charge in [-0.2, -0.15) is 0 Å². The van der Waals surface area contributed by atoms with E-state index in [1.54, 1.807) is 0 Å². The molecular weight excluding hydrogens is 199 g/mol. The number of rotatable bonds is 1. The molecule has 0 bridgehead atoms. The topological polar surface area (TPSA) is 0 Å². The lowest BCUT2D eigenvalue weighted by Crippen LogP contribution is -2.04. The van der Waals surface area contributed by atoms with Gasteiger partial charge in [0.1, 0.15) is 5.82 Å². The van der Waals surface area contributed by atoms with Crippen molar-refractivity contribution < 1.29 is 4.39 Å². The fourth-order valence-corrected chi connectivity index (χ4v) is 2.36. The minimum atomic E-state index is -0.0270. The molecular formula is C15H19F. The Balaban J connectivity index is 2.44. The number of hydrogen-bond acceptors (Lipinski definition) is 0. The van der Waals surface area contributed by atoms with Gasteiger partial charge in [-0.15, -0.1) is 0 Å². The molecule has 16 heavy (non-hydrogen) atoms. The highest BCUT2D eigenvalue weighted by Gasteiger charge is 2.17. The normalized spacial score (nSPS) is 20.8. The third kappa shape index (κ3) is 2.04. The van der Waals surface area contributed by atoms with E-state index in [0.29, 0.717) is 0 Å². The molecule has 0 radical (unpaired) electrons. The van der Waals surface area contributed by atoms with Crippen LogP contribution in [-0.2, 0) is 0 Å². The van der Waals surface area contributed by atoms with Crippen molar-refractivity contribution >= 4 is 5.57 Å². The third-order valence-electron chi connectivity index (χ3n) is 3.54. The van der Waals surface area contributed by atoms with Gasteiger partial charge in [0.05, 0.1) is 0 Å². The lowest BCUT2D eigenvalue weighted by atomic mass is 9.85. The molecule has 0 aliphatic heterocycles. The first-order valence-corrected chi connectivity index (χ1v) is 6.04. The van der Waals surface area contributed by atoms with E-state index >= 15 is 0 Å². The molecule has 1 unspecified atom stereocenters. The lowest BCUT2D eigenvalue weighted by Gasteiger charge is -2.20. The molecule has 86 valence electrons. The van der Waals surface area contributed by atoms with Gasteiger partial charge in [0.25, 0.3) is 0 Å². The van der Waals surface area contributed by atoms with Crippen LogP contribution in [0.5, 0.6) is 0 Å². The summed E-state index contributed by atoms with van der Waals surface area (Å²) in [5, 5.41) is 0. The second kappa shape index (κ2) is 4.40. The molecule has 1 aromatic rings. The SMILES string of the molecule is Cc1ccc(C)c(C2=CCC(C)CC2)c1F. The van der Waals surface area contributed by atoms with Crippen LogP contribution < -0.4 is 0 Å². The Hall–Kier alpha value is -1.11. The van der Waals surface area contributed by atoms with Crippen molar-refractivity contribution in [3.05, 3.63) is 40.7 Å². The van der Waals surface area contributed by atoms with Gasteiger partial charge < -0.3 is 0 Å². The highest BCUT2D eigenvalue weighted by Crippen LogP contribution is 2.33. The second-order valence-electron chi connectivity index (χ2n) is 5.00. The summed E-state index contributed by atoms with van der Waals surface area (Å²) in [6.45, 7) is 6.09. The predicted octanol–water partition coefficient (Wildman–Crippen LogP) is 4.65. The number of hydrogen-bond donors (Lipinski definition) is 0. The first-order chi connectivity index (χ1) is 7.59. The molecule has 2 rings (SSSR count). The highest BCUT2D eigenvalue weighted by atomic mass is 19.1. The van der Waals surface area contributed by atoms with E-state index < -0.39 is 0 Å². The van der Waals surface area contributed by atoms with Crippen LogP contribution in [0.2, 0.25) is 0 Å². The molecule has 1 atom stereocenters. The van der Waals surface area contributed by atoms with Crippen LogP contribution in [0.3, 0.4) is 0 Å². The standard InChI is InChI=1S/C15H19F/c1-10-4-8-13(9-5-10)14-11(2)6-7-12(3)15(14)16/h6-8,10H,4-5,9H2,1-3H3. The highest BCUT2D eigenvalue weighted by molar-refractivity contribution is 5.70. The molecule has 1 aliphatic carbocycles. The van der Waals surface area contributed by atoms with Gasteiger partial charge in [0.2, 0.25) is 0 Å². The molecule has 0 heterocycles. The Labute approximate surface area is 97.2 Å². The summed E-state index contributed by atoms with van der Waals surface area (Å²) in [7, 11) is 0. The maximum absolute atomic E-state index is 14.1. The molecule has 0 amide bonds. The average Bonchev–Trinajstić information content (AvgIpc) is 2.27. The van der Waals surface area contributed by atoms with E-state index in [-0.39, 0.29) is 5.82 Å². The van der Waals surface area contributed by atoms with E-state index in [1.807, 2.05) is 26.0 Å². The minimum absolute atomic E-state index is 0.0270. The van der Waals surface area contributed by atoms with Gasteiger partial charge in [-0.05, 0) is 55.7 Å². The third-order valence-corrected chi connectivity index (χ3v) is 3.54. The number of halogens is 1. The van der Waals surface area contributed by atoms with Crippen LogP contribution in [-0.4, -0.2) is 0 Å². The molecule has 1 heteroatoms. The predicted molar refractivity (Wildman–Crippen MR) is 66.9 cm³/mol. The molecule has 0 spiro atoms. The van der Waals surface area contributed by atoms with Crippen molar-refractivity contribution in [3.8, 4) is 0 Å². The van der Waals surface area contributed by atoms with E-state index in [4.69, 9.17) is 0 Å². The maximum atomic E-state index is 14.1. The smallest absolute Gasteiger partial charge is 0.133 e. The molecule has 0 N–H and O–H groups in total. The second-order valence-corrected chi connectivity index (χ2v) is 5.00. The number of aryl methyl sites for hydroxylation is 2. The Morgan fingerprint density at radius 2 is 1.88 bits per heavy atom. The summed E-state index contributed by atoms with van der Waals surface area (Å²) in [4.78, 5) is 0. The van der Waals surface area contributed by atoms with Crippen LogP contribution >= 0.6 is 0 Å². The van der Waals surface area contributed by atoms with Crippen molar-refractivity contribution in [1.29, 1.82) is 0 Å². The molecule has 1 aromatic carbocycles. The Morgan fingerprint density at radius 3 is 2.50 bits per heavy atom. The van der Waals surface area contributed by atoms with Crippen LogP contribution in [0, 0.1) is 25.6 Å². The summed E-state index contributed by atoms with van der Waals surface area (Å²) in [6, 6.07) is 3.88. The Morgan fingerprint density at radius 1 is 1.19 bits per heavy atom. The molecule has 0 nitrogen and oxygen atoms in total. The van der Waals surface area contributed by atoms with E-state index in [0.717, 1.165) is 35.4 Å². The molecule has 1 aliphatic rings.